The number of benzene rings is 1. The molecule has 33 heavy (non-hydrogen) atoms. The summed E-state index contributed by atoms with van der Waals surface area (Å²) in [5.74, 6) is 1.40. The summed E-state index contributed by atoms with van der Waals surface area (Å²) in [6.07, 6.45) is 4.98. The van der Waals surface area contributed by atoms with E-state index in [1.54, 1.807) is 17.4 Å². The molecule has 2 aliphatic heterocycles. The van der Waals surface area contributed by atoms with Crippen LogP contribution >= 0.6 is 11.3 Å². The number of piperazine rings is 1. The van der Waals surface area contributed by atoms with E-state index >= 15 is 0 Å². The Morgan fingerprint density at radius 2 is 1.91 bits per heavy atom. The van der Waals surface area contributed by atoms with Gasteiger partial charge in [-0.25, -0.2) is 0 Å². The van der Waals surface area contributed by atoms with Crippen molar-refractivity contribution in [3.05, 3.63) is 59.3 Å². The topological polar surface area (TPSA) is 82.8 Å². The molecule has 2 saturated heterocycles. The van der Waals surface area contributed by atoms with Crippen molar-refractivity contribution in [2.75, 3.05) is 37.6 Å². The highest BCUT2D eigenvalue weighted by Crippen LogP contribution is 2.23. The van der Waals surface area contributed by atoms with Crippen molar-refractivity contribution in [2.24, 2.45) is 0 Å². The fourth-order valence-electron chi connectivity index (χ4n) is 4.10. The molecule has 9 heteroatoms. The first-order chi connectivity index (χ1) is 16.2. The van der Waals surface area contributed by atoms with Crippen LogP contribution in [0.5, 0.6) is 0 Å². The van der Waals surface area contributed by atoms with E-state index in [4.69, 9.17) is 4.52 Å². The average molecular weight is 464 g/mol. The molecule has 2 aliphatic rings. The second-order valence-corrected chi connectivity index (χ2v) is 9.11. The number of aromatic nitrogens is 2. The number of amides is 2. The van der Waals surface area contributed by atoms with Crippen molar-refractivity contribution < 1.29 is 14.1 Å². The minimum Gasteiger partial charge on any atom is -0.338 e. The van der Waals surface area contributed by atoms with Gasteiger partial charge in [-0.3, -0.25) is 14.5 Å². The Balaban J connectivity index is 1.10. The maximum absolute atomic E-state index is 12.6. The van der Waals surface area contributed by atoms with Gasteiger partial charge in [0.05, 0.1) is 11.4 Å². The Labute approximate surface area is 196 Å². The van der Waals surface area contributed by atoms with Gasteiger partial charge in [0.1, 0.15) is 0 Å². The van der Waals surface area contributed by atoms with Crippen molar-refractivity contribution >= 4 is 34.9 Å². The van der Waals surface area contributed by atoms with Gasteiger partial charge < -0.3 is 14.3 Å². The van der Waals surface area contributed by atoms with Crippen LogP contribution in [0.3, 0.4) is 0 Å². The Morgan fingerprint density at radius 3 is 2.61 bits per heavy atom. The number of thiophene rings is 1. The largest absolute Gasteiger partial charge is 0.338 e. The number of carbonyl (C=O) groups excluding carboxylic acids is 2. The van der Waals surface area contributed by atoms with Gasteiger partial charge in [-0.05, 0) is 41.6 Å². The monoisotopic (exact) mass is 463 g/mol. The molecule has 2 aromatic heterocycles. The van der Waals surface area contributed by atoms with E-state index < -0.39 is 0 Å². The summed E-state index contributed by atoms with van der Waals surface area (Å²) in [6.45, 7) is 4.20. The Bertz CT molecular complexity index is 1130. The molecule has 1 aromatic carbocycles. The summed E-state index contributed by atoms with van der Waals surface area (Å²) in [4.78, 5) is 35.9. The van der Waals surface area contributed by atoms with Crippen molar-refractivity contribution in [3.63, 3.8) is 0 Å². The molecule has 0 unspecified atom stereocenters. The Hall–Kier alpha value is -3.30. The molecule has 170 valence electrons. The van der Waals surface area contributed by atoms with Gasteiger partial charge in [-0.1, -0.05) is 23.4 Å². The lowest BCUT2D eigenvalue weighted by Gasteiger charge is -2.33. The first-order valence-electron chi connectivity index (χ1n) is 11.1. The average Bonchev–Trinajstić information content (AvgIpc) is 3.61. The summed E-state index contributed by atoms with van der Waals surface area (Å²) < 4.78 is 5.39. The molecular weight excluding hydrogens is 438 g/mol. The van der Waals surface area contributed by atoms with E-state index in [2.05, 4.69) is 15.0 Å². The van der Waals surface area contributed by atoms with Crippen LogP contribution in [0.15, 0.2) is 52.4 Å². The van der Waals surface area contributed by atoms with Crippen LogP contribution in [0, 0.1) is 0 Å². The molecule has 3 aromatic rings. The van der Waals surface area contributed by atoms with Gasteiger partial charge in [-0.2, -0.15) is 4.98 Å². The third kappa shape index (κ3) is 5.04. The fraction of sp³-hybridized carbons (Fsp3) is 0.333. The van der Waals surface area contributed by atoms with Crippen LogP contribution in [0.1, 0.15) is 24.3 Å². The number of rotatable bonds is 6. The normalized spacial score (nSPS) is 17.4. The molecule has 0 bridgehead atoms. The van der Waals surface area contributed by atoms with Gasteiger partial charge >= 0.3 is 0 Å². The van der Waals surface area contributed by atoms with Crippen molar-refractivity contribution in [2.45, 2.75) is 19.4 Å². The number of hydrogen-bond donors (Lipinski definition) is 0. The summed E-state index contributed by atoms with van der Waals surface area (Å²) in [5.41, 5.74) is 1.86. The second-order valence-electron chi connectivity index (χ2n) is 8.16. The Morgan fingerprint density at radius 1 is 1.09 bits per heavy atom. The lowest BCUT2D eigenvalue weighted by molar-refractivity contribution is -0.127. The highest BCUT2D eigenvalue weighted by Gasteiger charge is 2.22. The van der Waals surface area contributed by atoms with Gasteiger partial charge in [0.25, 0.3) is 0 Å². The zero-order chi connectivity index (χ0) is 22.6. The summed E-state index contributed by atoms with van der Waals surface area (Å²) in [6, 6.07) is 11.7. The van der Waals surface area contributed by atoms with E-state index in [-0.39, 0.29) is 11.8 Å². The lowest BCUT2D eigenvalue weighted by atomic mass is 10.1. The second kappa shape index (κ2) is 9.68. The summed E-state index contributed by atoms with van der Waals surface area (Å²) >= 11 is 1.58. The molecule has 2 amide bonds. The SMILES string of the molecule is O=C(/C=C/c1ccc(N2CCCC2=O)cc1)N1CCN(Cc2nc(-c3cccs3)no2)CC1. The number of anilines is 1. The Kier molecular flexibility index (Phi) is 6.32. The number of carbonyl (C=O) groups is 2. The molecule has 4 heterocycles. The third-order valence-corrected chi connectivity index (χ3v) is 6.81. The van der Waals surface area contributed by atoms with Crippen LogP contribution < -0.4 is 4.90 Å². The first-order valence-corrected chi connectivity index (χ1v) is 12.0. The highest BCUT2D eigenvalue weighted by molar-refractivity contribution is 7.13. The molecule has 2 fully saturated rings. The molecule has 0 radical (unpaired) electrons. The molecule has 0 aliphatic carbocycles. The number of nitrogens with zero attached hydrogens (tertiary/aromatic N) is 5. The van der Waals surface area contributed by atoms with E-state index in [0.717, 1.165) is 42.2 Å². The summed E-state index contributed by atoms with van der Waals surface area (Å²) in [7, 11) is 0. The van der Waals surface area contributed by atoms with Crippen molar-refractivity contribution in [3.8, 4) is 10.7 Å². The van der Waals surface area contributed by atoms with Crippen LogP contribution in [0.2, 0.25) is 0 Å². The lowest BCUT2D eigenvalue weighted by Crippen LogP contribution is -2.47. The van der Waals surface area contributed by atoms with E-state index in [9.17, 15) is 9.59 Å². The minimum atomic E-state index is 0.00576. The molecule has 0 atom stereocenters. The standard InChI is InChI=1S/C24H25N5O3S/c30-22(10-7-18-5-8-19(9-6-18)29-11-1-4-23(29)31)28-14-12-27(13-15-28)17-21-25-24(26-32-21)20-3-2-16-33-20/h2-3,5-10,16H,1,4,11-15,17H2/b10-7+. The maximum Gasteiger partial charge on any atom is 0.246 e. The zero-order valence-corrected chi connectivity index (χ0v) is 19.0. The van der Waals surface area contributed by atoms with Crippen molar-refractivity contribution in [1.29, 1.82) is 0 Å². The molecule has 0 N–H and O–H groups in total. The van der Waals surface area contributed by atoms with Crippen molar-refractivity contribution in [1.82, 2.24) is 19.9 Å². The van der Waals surface area contributed by atoms with Gasteiger partial charge in [0.2, 0.25) is 23.5 Å². The first kappa shape index (κ1) is 21.5. The molecule has 0 saturated carbocycles. The van der Waals surface area contributed by atoms with Crippen LogP contribution in [-0.4, -0.2) is 64.5 Å². The van der Waals surface area contributed by atoms with Crippen LogP contribution in [-0.2, 0) is 16.1 Å². The molecular formula is C24H25N5O3S. The van der Waals surface area contributed by atoms with E-state index in [0.29, 0.717) is 37.8 Å². The third-order valence-electron chi connectivity index (χ3n) is 5.95. The van der Waals surface area contributed by atoms with Gasteiger partial charge in [0, 0.05) is 50.9 Å². The van der Waals surface area contributed by atoms with Crippen LogP contribution in [0.4, 0.5) is 5.69 Å². The highest BCUT2D eigenvalue weighted by atomic mass is 32.1. The minimum absolute atomic E-state index is 0.00576. The van der Waals surface area contributed by atoms with E-state index in [1.807, 2.05) is 57.7 Å². The zero-order valence-electron chi connectivity index (χ0n) is 18.2. The van der Waals surface area contributed by atoms with Crippen LogP contribution in [0.25, 0.3) is 16.8 Å². The summed E-state index contributed by atoms with van der Waals surface area (Å²) in [5, 5.41) is 6.04. The molecule has 5 rings (SSSR count). The smallest absolute Gasteiger partial charge is 0.246 e. The van der Waals surface area contributed by atoms with Gasteiger partial charge in [0.15, 0.2) is 0 Å². The molecule has 0 spiro atoms. The molecule has 8 nitrogen and oxygen atoms in total. The predicted octanol–water partition coefficient (Wildman–Crippen LogP) is 3.28. The fourth-order valence-corrected chi connectivity index (χ4v) is 4.75. The van der Waals surface area contributed by atoms with E-state index in [1.165, 1.54) is 0 Å². The quantitative estimate of drug-likeness (QED) is 0.522. The predicted molar refractivity (Wildman–Crippen MR) is 127 cm³/mol. The van der Waals surface area contributed by atoms with Gasteiger partial charge in [-0.15, -0.1) is 11.3 Å². The maximum atomic E-state index is 12.6. The number of hydrogen-bond acceptors (Lipinski definition) is 7.